The van der Waals surface area contributed by atoms with Crippen molar-refractivity contribution in [1.29, 1.82) is 0 Å². The molecule has 2 nitrogen and oxygen atoms in total. The third kappa shape index (κ3) is 3.48. The molecule has 0 spiro atoms. The molecule has 0 aromatic heterocycles. The Morgan fingerprint density at radius 1 is 1.06 bits per heavy atom. The fraction of sp³-hybridized carbons (Fsp3) is 1.00. The lowest BCUT2D eigenvalue weighted by molar-refractivity contribution is 0.0260. The van der Waals surface area contributed by atoms with Crippen LogP contribution in [0.4, 0.5) is 0 Å². The van der Waals surface area contributed by atoms with Crippen LogP contribution in [0.15, 0.2) is 0 Å². The molecule has 18 heavy (non-hydrogen) atoms. The van der Waals surface area contributed by atoms with E-state index in [1.165, 1.54) is 51.6 Å². The summed E-state index contributed by atoms with van der Waals surface area (Å²) in [6, 6.07) is 1.59. The van der Waals surface area contributed by atoms with E-state index in [-0.39, 0.29) is 5.54 Å². The monoisotopic (exact) mass is 252 g/mol. The second-order valence-electron chi connectivity index (χ2n) is 7.39. The van der Waals surface area contributed by atoms with E-state index in [4.69, 9.17) is 0 Å². The molecule has 2 aliphatic rings. The molecule has 0 radical (unpaired) electrons. The molecular formula is C16H32N2. The van der Waals surface area contributed by atoms with Gasteiger partial charge in [0.05, 0.1) is 0 Å². The number of rotatable bonds is 2. The van der Waals surface area contributed by atoms with Crippen LogP contribution >= 0.6 is 0 Å². The van der Waals surface area contributed by atoms with Gasteiger partial charge in [0.15, 0.2) is 0 Å². The van der Waals surface area contributed by atoms with Gasteiger partial charge in [0.25, 0.3) is 0 Å². The van der Waals surface area contributed by atoms with Gasteiger partial charge in [-0.05, 0) is 32.6 Å². The van der Waals surface area contributed by atoms with Crippen LogP contribution in [-0.4, -0.2) is 35.6 Å². The van der Waals surface area contributed by atoms with Crippen molar-refractivity contribution in [1.82, 2.24) is 10.2 Å². The first-order chi connectivity index (χ1) is 8.49. The summed E-state index contributed by atoms with van der Waals surface area (Å²) in [6.45, 7) is 11.9. The summed E-state index contributed by atoms with van der Waals surface area (Å²) in [6.07, 6.45) is 8.66. The topological polar surface area (TPSA) is 15.3 Å². The van der Waals surface area contributed by atoms with Gasteiger partial charge in [-0.3, -0.25) is 4.90 Å². The van der Waals surface area contributed by atoms with Crippen LogP contribution in [0, 0.1) is 5.92 Å². The van der Waals surface area contributed by atoms with Crippen LogP contribution in [0.3, 0.4) is 0 Å². The Bertz CT molecular complexity index is 252. The molecule has 1 N–H and O–H groups in total. The van der Waals surface area contributed by atoms with E-state index in [0.717, 1.165) is 18.0 Å². The van der Waals surface area contributed by atoms with E-state index in [2.05, 4.69) is 37.9 Å². The van der Waals surface area contributed by atoms with Crippen molar-refractivity contribution in [2.75, 3.05) is 13.1 Å². The maximum atomic E-state index is 3.73. The summed E-state index contributed by atoms with van der Waals surface area (Å²) in [7, 11) is 0. The molecule has 0 bridgehead atoms. The molecule has 1 saturated heterocycles. The highest BCUT2D eigenvalue weighted by molar-refractivity contribution is 4.96. The molecule has 2 rings (SSSR count). The fourth-order valence-corrected chi connectivity index (χ4v) is 3.74. The van der Waals surface area contributed by atoms with Crippen molar-refractivity contribution >= 4 is 0 Å². The normalized spacial score (nSPS) is 31.5. The maximum Gasteiger partial charge on any atom is 0.0253 e. The molecule has 1 aliphatic heterocycles. The minimum Gasteiger partial charge on any atom is -0.309 e. The molecule has 0 aromatic carbocycles. The first-order valence-electron chi connectivity index (χ1n) is 8.00. The zero-order chi connectivity index (χ0) is 13.2. The highest BCUT2D eigenvalue weighted by Gasteiger charge is 2.37. The summed E-state index contributed by atoms with van der Waals surface area (Å²) >= 11 is 0. The molecule has 0 amide bonds. The largest absolute Gasteiger partial charge is 0.309 e. The Morgan fingerprint density at radius 3 is 2.22 bits per heavy atom. The van der Waals surface area contributed by atoms with Crippen molar-refractivity contribution in [3.05, 3.63) is 0 Å². The third-order valence-electron chi connectivity index (χ3n) is 4.86. The average molecular weight is 252 g/mol. The Kier molecular flexibility index (Phi) is 4.71. The van der Waals surface area contributed by atoms with Gasteiger partial charge >= 0.3 is 0 Å². The standard InChI is InChI=1S/C16H32N2/c1-13(2)15-11-17-16(3,4)12-18(15)14-9-7-5-6-8-10-14/h13-15,17H,5-12H2,1-4H3. The Morgan fingerprint density at radius 2 is 1.67 bits per heavy atom. The molecule has 1 saturated carbocycles. The van der Waals surface area contributed by atoms with E-state index in [0.29, 0.717) is 0 Å². The van der Waals surface area contributed by atoms with Crippen LogP contribution in [0.1, 0.15) is 66.2 Å². The predicted octanol–water partition coefficient (Wildman–Crippen LogP) is 3.42. The van der Waals surface area contributed by atoms with Gasteiger partial charge < -0.3 is 5.32 Å². The van der Waals surface area contributed by atoms with Crippen LogP contribution in [-0.2, 0) is 0 Å². The number of hydrogen-bond donors (Lipinski definition) is 1. The van der Waals surface area contributed by atoms with Crippen LogP contribution < -0.4 is 5.32 Å². The highest BCUT2D eigenvalue weighted by Crippen LogP contribution is 2.29. The van der Waals surface area contributed by atoms with Gasteiger partial charge in [0, 0.05) is 30.7 Å². The third-order valence-corrected chi connectivity index (χ3v) is 4.86. The minimum atomic E-state index is 0.289. The lowest BCUT2D eigenvalue weighted by Crippen LogP contribution is -2.65. The Hall–Kier alpha value is -0.0800. The molecule has 1 unspecified atom stereocenters. The van der Waals surface area contributed by atoms with Crippen molar-refractivity contribution in [2.24, 2.45) is 5.92 Å². The minimum absolute atomic E-state index is 0.289. The summed E-state index contributed by atoms with van der Waals surface area (Å²) in [5.41, 5.74) is 0.289. The van der Waals surface area contributed by atoms with E-state index in [1.807, 2.05) is 0 Å². The molecular weight excluding hydrogens is 220 g/mol. The summed E-state index contributed by atoms with van der Waals surface area (Å²) in [5.74, 6) is 0.761. The van der Waals surface area contributed by atoms with Crippen LogP contribution in [0.25, 0.3) is 0 Å². The first kappa shape index (κ1) is 14.3. The molecule has 1 atom stereocenters. The van der Waals surface area contributed by atoms with Gasteiger partial charge in [-0.1, -0.05) is 39.5 Å². The lowest BCUT2D eigenvalue weighted by Gasteiger charge is -2.49. The number of nitrogens with one attached hydrogen (secondary N) is 1. The zero-order valence-electron chi connectivity index (χ0n) is 12.8. The molecule has 1 aliphatic carbocycles. The predicted molar refractivity (Wildman–Crippen MR) is 78.9 cm³/mol. The van der Waals surface area contributed by atoms with Crippen molar-refractivity contribution in [2.45, 2.75) is 83.8 Å². The second kappa shape index (κ2) is 5.92. The second-order valence-corrected chi connectivity index (χ2v) is 7.39. The summed E-state index contributed by atoms with van der Waals surface area (Å²) in [4.78, 5) is 2.85. The SMILES string of the molecule is CC(C)C1CNC(C)(C)CN1C1CCCCCC1. The smallest absolute Gasteiger partial charge is 0.0253 e. The van der Waals surface area contributed by atoms with Gasteiger partial charge in [0.2, 0.25) is 0 Å². The number of hydrogen-bond acceptors (Lipinski definition) is 2. The first-order valence-corrected chi connectivity index (χ1v) is 8.00. The van der Waals surface area contributed by atoms with Crippen molar-refractivity contribution in [3.63, 3.8) is 0 Å². The quantitative estimate of drug-likeness (QED) is 0.758. The number of nitrogens with zero attached hydrogens (tertiary/aromatic N) is 1. The molecule has 106 valence electrons. The molecule has 2 heteroatoms. The van der Waals surface area contributed by atoms with Crippen molar-refractivity contribution in [3.8, 4) is 0 Å². The zero-order valence-corrected chi connectivity index (χ0v) is 12.8. The van der Waals surface area contributed by atoms with E-state index < -0.39 is 0 Å². The van der Waals surface area contributed by atoms with Gasteiger partial charge in [-0.15, -0.1) is 0 Å². The molecule has 1 heterocycles. The number of piperazine rings is 1. The van der Waals surface area contributed by atoms with E-state index >= 15 is 0 Å². The van der Waals surface area contributed by atoms with E-state index in [9.17, 15) is 0 Å². The Labute approximate surface area is 114 Å². The average Bonchev–Trinajstić information content (AvgIpc) is 2.55. The fourth-order valence-electron chi connectivity index (χ4n) is 3.74. The Balaban J connectivity index is 2.08. The highest BCUT2D eigenvalue weighted by atomic mass is 15.3. The van der Waals surface area contributed by atoms with E-state index in [1.54, 1.807) is 0 Å². The summed E-state index contributed by atoms with van der Waals surface area (Å²) < 4.78 is 0. The molecule has 0 aromatic rings. The van der Waals surface area contributed by atoms with Crippen LogP contribution in [0.5, 0.6) is 0 Å². The van der Waals surface area contributed by atoms with Gasteiger partial charge in [0.1, 0.15) is 0 Å². The van der Waals surface area contributed by atoms with Gasteiger partial charge in [-0.25, -0.2) is 0 Å². The van der Waals surface area contributed by atoms with Gasteiger partial charge in [-0.2, -0.15) is 0 Å². The summed E-state index contributed by atoms with van der Waals surface area (Å²) in [5, 5.41) is 3.73. The lowest BCUT2D eigenvalue weighted by atomic mass is 9.90. The maximum absolute atomic E-state index is 3.73. The van der Waals surface area contributed by atoms with Crippen LogP contribution in [0.2, 0.25) is 0 Å². The molecule has 2 fully saturated rings. The van der Waals surface area contributed by atoms with Crippen molar-refractivity contribution < 1.29 is 0 Å².